The van der Waals surface area contributed by atoms with Crippen LogP contribution in [0.3, 0.4) is 0 Å². The van der Waals surface area contributed by atoms with Gasteiger partial charge in [-0.25, -0.2) is 28.1 Å². The first-order valence-corrected chi connectivity index (χ1v) is 8.23. The summed E-state index contributed by atoms with van der Waals surface area (Å²) in [6, 6.07) is 0.913. The topological polar surface area (TPSA) is 92.8 Å². The molecular weight excluding hydrogens is 360 g/mol. The third-order valence-corrected chi connectivity index (χ3v) is 4.58. The summed E-state index contributed by atoms with van der Waals surface area (Å²) in [7, 11) is 1.43. The minimum absolute atomic E-state index is 0.0145. The van der Waals surface area contributed by atoms with Gasteiger partial charge in [-0.05, 0) is 18.9 Å². The maximum Gasteiger partial charge on any atom is 0.341 e. The van der Waals surface area contributed by atoms with Gasteiger partial charge in [-0.2, -0.15) is 5.10 Å². The van der Waals surface area contributed by atoms with Gasteiger partial charge in [0.1, 0.15) is 11.4 Å². The van der Waals surface area contributed by atoms with Crippen molar-refractivity contribution in [1.82, 2.24) is 19.6 Å². The maximum atomic E-state index is 14.7. The second-order valence-electron chi connectivity index (χ2n) is 6.15. The number of carboxylic acid groups (broad SMARTS) is 1. The molecule has 4 rings (SSSR count). The van der Waals surface area contributed by atoms with Gasteiger partial charge in [0.15, 0.2) is 17.3 Å². The van der Waals surface area contributed by atoms with Crippen LogP contribution in [0.1, 0.15) is 34.8 Å². The highest BCUT2D eigenvalue weighted by Gasteiger charge is 2.32. The van der Waals surface area contributed by atoms with E-state index in [1.165, 1.54) is 13.2 Å². The van der Waals surface area contributed by atoms with Crippen LogP contribution in [0.25, 0.3) is 5.65 Å². The van der Waals surface area contributed by atoms with Crippen molar-refractivity contribution in [1.29, 1.82) is 0 Å². The standard InChI is InChI=1S/C17H15F2N5O3/c1-27-16-10(5-9(18)6-20-16)13-3-2-4-23(13)15-12(19)8-24-14(22-15)11(7-21-24)17(25)26/h5-8,13H,2-4H2,1H3,(H,25,26). The number of rotatable bonds is 4. The molecule has 3 aromatic heterocycles. The number of carboxylic acids is 1. The zero-order chi connectivity index (χ0) is 19.1. The molecule has 3 aromatic rings. The Balaban J connectivity index is 1.82. The van der Waals surface area contributed by atoms with Crippen LogP contribution < -0.4 is 9.64 Å². The van der Waals surface area contributed by atoms with Crippen molar-refractivity contribution < 1.29 is 23.4 Å². The van der Waals surface area contributed by atoms with Crippen molar-refractivity contribution in [3.63, 3.8) is 0 Å². The molecule has 0 saturated carbocycles. The minimum atomic E-state index is -1.20. The van der Waals surface area contributed by atoms with E-state index in [0.29, 0.717) is 18.5 Å². The number of methoxy groups -OCH3 is 1. The molecule has 0 spiro atoms. The van der Waals surface area contributed by atoms with E-state index in [0.717, 1.165) is 29.5 Å². The van der Waals surface area contributed by atoms with Gasteiger partial charge >= 0.3 is 5.97 Å². The fraction of sp³-hybridized carbons (Fsp3) is 0.294. The van der Waals surface area contributed by atoms with Crippen molar-refractivity contribution in [3.05, 3.63) is 47.4 Å². The molecule has 1 aliphatic rings. The Labute approximate surface area is 152 Å². The molecule has 27 heavy (non-hydrogen) atoms. The van der Waals surface area contributed by atoms with Crippen LogP contribution in [0.2, 0.25) is 0 Å². The Bertz CT molecular complexity index is 1040. The molecule has 4 heterocycles. The highest BCUT2D eigenvalue weighted by molar-refractivity contribution is 5.94. The molecule has 140 valence electrons. The number of aromatic nitrogens is 4. The quantitative estimate of drug-likeness (QED) is 0.749. The van der Waals surface area contributed by atoms with Crippen molar-refractivity contribution in [2.45, 2.75) is 18.9 Å². The highest BCUT2D eigenvalue weighted by atomic mass is 19.1. The number of fused-ring (bicyclic) bond motifs is 1. The van der Waals surface area contributed by atoms with Crippen molar-refractivity contribution in [3.8, 4) is 5.88 Å². The van der Waals surface area contributed by atoms with Crippen LogP contribution >= 0.6 is 0 Å². The molecule has 0 bridgehead atoms. The lowest BCUT2D eigenvalue weighted by Crippen LogP contribution is -2.26. The molecule has 1 saturated heterocycles. The van der Waals surface area contributed by atoms with E-state index < -0.39 is 23.6 Å². The predicted octanol–water partition coefficient (Wildman–Crippen LogP) is 2.45. The van der Waals surface area contributed by atoms with Gasteiger partial charge in [-0.1, -0.05) is 0 Å². The van der Waals surface area contributed by atoms with Gasteiger partial charge in [-0.3, -0.25) is 0 Å². The van der Waals surface area contributed by atoms with Crippen molar-refractivity contribution in [2.24, 2.45) is 0 Å². The summed E-state index contributed by atoms with van der Waals surface area (Å²) in [6.45, 7) is 0.473. The van der Waals surface area contributed by atoms with Crippen LogP contribution in [0, 0.1) is 11.6 Å². The molecule has 1 atom stereocenters. The van der Waals surface area contributed by atoms with Crippen LogP contribution in [0.5, 0.6) is 5.88 Å². The number of hydrogen-bond donors (Lipinski definition) is 1. The summed E-state index contributed by atoms with van der Waals surface area (Å²) < 4.78 is 34.8. The molecule has 8 nitrogen and oxygen atoms in total. The summed E-state index contributed by atoms with van der Waals surface area (Å²) in [5.41, 5.74) is 0.397. The van der Waals surface area contributed by atoms with Crippen LogP contribution in [-0.2, 0) is 0 Å². The molecule has 1 fully saturated rings. The van der Waals surface area contributed by atoms with Gasteiger partial charge in [0.2, 0.25) is 5.88 Å². The number of carbonyl (C=O) groups is 1. The monoisotopic (exact) mass is 375 g/mol. The summed E-state index contributed by atoms with van der Waals surface area (Å²) in [5, 5.41) is 13.1. The first kappa shape index (κ1) is 17.1. The van der Waals surface area contributed by atoms with E-state index in [9.17, 15) is 18.7 Å². The Kier molecular flexibility index (Phi) is 4.09. The van der Waals surface area contributed by atoms with Gasteiger partial charge in [0.25, 0.3) is 0 Å². The summed E-state index contributed by atoms with van der Waals surface area (Å²) in [5.74, 6) is -2.14. The third kappa shape index (κ3) is 2.82. The average molecular weight is 375 g/mol. The first-order valence-electron chi connectivity index (χ1n) is 8.23. The maximum absolute atomic E-state index is 14.7. The van der Waals surface area contributed by atoms with Crippen molar-refractivity contribution in [2.75, 3.05) is 18.6 Å². The zero-order valence-corrected chi connectivity index (χ0v) is 14.3. The van der Waals surface area contributed by atoms with E-state index in [1.54, 1.807) is 4.90 Å². The van der Waals surface area contributed by atoms with Crippen LogP contribution in [-0.4, -0.2) is 44.3 Å². The van der Waals surface area contributed by atoms with Crippen LogP contribution in [0.15, 0.2) is 24.7 Å². The Morgan fingerprint density at radius 3 is 2.93 bits per heavy atom. The van der Waals surface area contributed by atoms with Gasteiger partial charge in [-0.15, -0.1) is 0 Å². The molecule has 10 heteroatoms. The molecule has 0 amide bonds. The summed E-state index contributed by atoms with van der Waals surface area (Å²) in [6.07, 6.45) is 4.61. The Morgan fingerprint density at radius 2 is 2.19 bits per heavy atom. The number of pyridine rings is 1. The molecule has 1 aliphatic heterocycles. The highest BCUT2D eigenvalue weighted by Crippen LogP contribution is 2.39. The van der Waals surface area contributed by atoms with E-state index >= 15 is 0 Å². The van der Waals surface area contributed by atoms with E-state index in [4.69, 9.17) is 4.74 Å². The average Bonchev–Trinajstić information content (AvgIpc) is 3.27. The lowest BCUT2D eigenvalue weighted by molar-refractivity contribution is 0.0698. The number of halogens is 2. The molecule has 1 N–H and O–H groups in total. The predicted molar refractivity (Wildman–Crippen MR) is 90.0 cm³/mol. The van der Waals surface area contributed by atoms with Crippen molar-refractivity contribution >= 4 is 17.4 Å². The molecule has 0 radical (unpaired) electrons. The number of hydrogen-bond acceptors (Lipinski definition) is 6. The van der Waals surface area contributed by atoms with E-state index in [1.807, 2.05) is 0 Å². The van der Waals surface area contributed by atoms with E-state index in [-0.39, 0.29) is 22.9 Å². The molecule has 1 unspecified atom stereocenters. The number of anilines is 1. The SMILES string of the molecule is COc1ncc(F)cc1C1CCCN1c1nc2c(C(=O)O)cnn2cc1F. The Morgan fingerprint density at radius 1 is 1.37 bits per heavy atom. The fourth-order valence-electron chi connectivity index (χ4n) is 3.43. The van der Waals surface area contributed by atoms with Gasteiger partial charge in [0, 0.05) is 12.1 Å². The lowest BCUT2D eigenvalue weighted by atomic mass is 10.1. The zero-order valence-electron chi connectivity index (χ0n) is 14.3. The van der Waals surface area contributed by atoms with Gasteiger partial charge in [0.05, 0.1) is 31.7 Å². The molecule has 0 aliphatic carbocycles. The number of nitrogens with zero attached hydrogens (tertiary/aromatic N) is 5. The first-order chi connectivity index (χ1) is 13.0. The number of ether oxygens (including phenoxy) is 1. The molecule has 0 aromatic carbocycles. The van der Waals surface area contributed by atoms with Crippen LogP contribution in [0.4, 0.5) is 14.6 Å². The largest absolute Gasteiger partial charge is 0.481 e. The fourth-order valence-corrected chi connectivity index (χ4v) is 3.43. The molecular formula is C17H15F2N5O3. The van der Waals surface area contributed by atoms with E-state index in [2.05, 4.69) is 15.1 Å². The lowest BCUT2D eigenvalue weighted by Gasteiger charge is -2.27. The normalized spacial score (nSPS) is 16.9. The second kappa shape index (κ2) is 6.45. The summed E-state index contributed by atoms with van der Waals surface area (Å²) in [4.78, 5) is 21.2. The minimum Gasteiger partial charge on any atom is -0.481 e. The Hall–Kier alpha value is -3.30. The summed E-state index contributed by atoms with van der Waals surface area (Å²) >= 11 is 0. The third-order valence-electron chi connectivity index (χ3n) is 4.58. The second-order valence-corrected chi connectivity index (χ2v) is 6.15. The number of aromatic carboxylic acids is 1. The smallest absolute Gasteiger partial charge is 0.341 e. The van der Waals surface area contributed by atoms with Gasteiger partial charge < -0.3 is 14.7 Å².